The van der Waals surface area contributed by atoms with Crippen LogP contribution in [-0.4, -0.2) is 64.0 Å². The summed E-state index contributed by atoms with van der Waals surface area (Å²) in [7, 11) is -4.04. The number of hydrogen-bond donors (Lipinski definition) is 2. The number of rotatable bonds is 7. The van der Waals surface area contributed by atoms with Gasteiger partial charge in [0.2, 0.25) is 15.9 Å². The van der Waals surface area contributed by atoms with Gasteiger partial charge in [-0.1, -0.05) is 49.6 Å². The zero-order chi connectivity index (χ0) is 28.6. The Morgan fingerprint density at radius 1 is 1.05 bits per heavy atom. The number of carboxylic acids is 1. The minimum Gasteiger partial charge on any atom is -0.477 e. The number of amides is 1. The predicted octanol–water partition coefficient (Wildman–Crippen LogP) is 4.88. The number of aromatic nitrogens is 3. The average Bonchev–Trinajstić information content (AvgIpc) is 3.69. The molecule has 4 aromatic rings. The second-order valence-corrected chi connectivity index (χ2v) is 13.4. The molecule has 1 atom stereocenters. The van der Waals surface area contributed by atoms with Crippen LogP contribution in [0.25, 0.3) is 21.8 Å². The van der Waals surface area contributed by atoms with Crippen LogP contribution < -0.4 is 4.90 Å². The number of carbonyl (C=O) groups excluding carboxylic acids is 1. The molecular weight excluding hydrogens is 562 g/mol. The van der Waals surface area contributed by atoms with Crippen LogP contribution in [0.1, 0.15) is 41.8 Å². The Bertz CT molecular complexity index is 1650. The van der Waals surface area contributed by atoms with Gasteiger partial charge < -0.3 is 10.0 Å². The third-order valence-electron chi connectivity index (χ3n) is 7.87. The number of pyridine rings is 1. The number of piperazine rings is 1. The van der Waals surface area contributed by atoms with E-state index in [1.54, 1.807) is 29.3 Å². The van der Waals surface area contributed by atoms with E-state index in [-0.39, 0.29) is 28.8 Å². The molecule has 12 heteroatoms. The monoisotopic (exact) mass is 591 g/mol. The summed E-state index contributed by atoms with van der Waals surface area (Å²) in [6.07, 6.45) is 7.64. The molecule has 1 aromatic carbocycles. The molecule has 3 aromatic heterocycles. The molecule has 2 aliphatic rings. The molecule has 1 aliphatic carbocycles. The van der Waals surface area contributed by atoms with Crippen LogP contribution in [0.15, 0.2) is 71.9 Å². The van der Waals surface area contributed by atoms with Crippen LogP contribution >= 0.6 is 11.3 Å². The Morgan fingerprint density at radius 3 is 2.49 bits per heavy atom. The number of H-pyrrole nitrogens is 1. The molecule has 10 nitrogen and oxygen atoms in total. The topological polar surface area (TPSA) is 137 Å². The van der Waals surface area contributed by atoms with Gasteiger partial charge in [-0.25, -0.2) is 13.2 Å². The second kappa shape index (κ2) is 11.2. The number of aromatic amines is 1. The quantitative estimate of drug-likeness (QED) is 0.312. The summed E-state index contributed by atoms with van der Waals surface area (Å²) >= 11 is 1.13. The van der Waals surface area contributed by atoms with Crippen molar-refractivity contribution in [1.29, 1.82) is 0 Å². The molecule has 0 bridgehead atoms. The number of anilines is 1. The SMILES string of the molecule is O=C(O)c1sc(-c2ccccc2)cc1N1C(=O)CN(S(=O)(=O)c2ccc(-c3ccn[nH]3)nc2)C[C@H]1C1CCCCC1. The van der Waals surface area contributed by atoms with Crippen molar-refractivity contribution < 1.29 is 23.1 Å². The summed E-state index contributed by atoms with van der Waals surface area (Å²) in [5, 5.41) is 16.8. The molecular formula is C29H29N5O5S2. The van der Waals surface area contributed by atoms with Crippen LogP contribution in [0, 0.1) is 5.92 Å². The number of carbonyl (C=O) groups is 2. The summed E-state index contributed by atoms with van der Waals surface area (Å²) in [5.74, 6) is -1.49. The van der Waals surface area contributed by atoms with E-state index in [1.807, 2.05) is 30.3 Å². The molecule has 2 N–H and O–H groups in total. The van der Waals surface area contributed by atoms with E-state index < -0.39 is 27.9 Å². The molecule has 2 fully saturated rings. The van der Waals surface area contributed by atoms with Crippen LogP contribution in [0.3, 0.4) is 0 Å². The van der Waals surface area contributed by atoms with Crippen molar-refractivity contribution in [3.63, 3.8) is 0 Å². The highest BCUT2D eigenvalue weighted by atomic mass is 32.2. The van der Waals surface area contributed by atoms with Crippen molar-refractivity contribution in [2.24, 2.45) is 5.92 Å². The Kier molecular flexibility index (Phi) is 7.45. The molecule has 41 heavy (non-hydrogen) atoms. The normalized spacial score (nSPS) is 19.0. The molecule has 0 unspecified atom stereocenters. The standard InChI is InChI=1S/C29H29N5O5S2/c35-27-18-33(41(38,39)21-11-12-22(30-16-21)23-13-14-31-32-23)17-25(19-7-3-1-4-8-19)34(27)24-15-26(40-28(24)29(36)37)20-9-5-2-6-10-20/h2,5-6,9-16,19,25H,1,3-4,7-8,17-18H2,(H,31,32)(H,36,37)/t25-/m0/s1. The van der Waals surface area contributed by atoms with Gasteiger partial charge in [0.25, 0.3) is 0 Å². The second-order valence-electron chi connectivity index (χ2n) is 10.4. The van der Waals surface area contributed by atoms with Gasteiger partial charge in [-0.2, -0.15) is 9.40 Å². The van der Waals surface area contributed by atoms with E-state index >= 15 is 0 Å². The van der Waals surface area contributed by atoms with Gasteiger partial charge in [0, 0.05) is 23.8 Å². The molecule has 1 saturated heterocycles. The molecule has 6 rings (SSSR count). The lowest BCUT2D eigenvalue weighted by atomic mass is 9.82. The van der Waals surface area contributed by atoms with Crippen molar-refractivity contribution in [1.82, 2.24) is 19.5 Å². The molecule has 1 aliphatic heterocycles. The fourth-order valence-corrected chi connectivity index (χ4v) is 8.19. The number of aromatic carboxylic acids is 1. The van der Waals surface area contributed by atoms with E-state index in [9.17, 15) is 23.1 Å². The zero-order valence-electron chi connectivity index (χ0n) is 22.1. The first-order valence-electron chi connectivity index (χ1n) is 13.5. The summed E-state index contributed by atoms with van der Waals surface area (Å²) in [6, 6.07) is 15.6. The van der Waals surface area contributed by atoms with Crippen LogP contribution in [0.2, 0.25) is 0 Å². The van der Waals surface area contributed by atoms with E-state index in [0.717, 1.165) is 53.9 Å². The lowest BCUT2D eigenvalue weighted by Gasteiger charge is -2.44. The summed E-state index contributed by atoms with van der Waals surface area (Å²) in [5.41, 5.74) is 2.41. The molecule has 212 valence electrons. The maximum atomic E-state index is 13.9. The number of nitrogens with one attached hydrogen (secondary N) is 1. The summed E-state index contributed by atoms with van der Waals surface area (Å²) in [6.45, 7) is -0.306. The van der Waals surface area contributed by atoms with E-state index in [2.05, 4.69) is 15.2 Å². The van der Waals surface area contributed by atoms with Gasteiger partial charge in [-0.15, -0.1) is 11.3 Å². The number of nitrogens with zero attached hydrogens (tertiary/aromatic N) is 4. The number of carboxylic acid groups (broad SMARTS) is 1. The van der Waals surface area contributed by atoms with Crippen LogP contribution in [-0.2, 0) is 14.8 Å². The van der Waals surface area contributed by atoms with E-state index in [1.165, 1.54) is 16.6 Å². The largest absolute Gasteiger partial charge is 0.477 e. The molecule has 0 spiro atoms. The van der Waals surface area contributed by atoms with Crippen LogP contribution in [0.5, 0.6) is 0 Å². The molecule has 0 radical (unpaired) electrons. The predicted molar refractivity (Wildman–Crippen MR) is 155 cm³/mol. The van der Waals surface area contributed by atoms with Crippen molar-refractivity contribution in [3.05, 3.63) is 71.9 Å². The Labute approximate surface area is 241 Å². The lowest BCUT2D eigenvalue weighted by Crippen LogP contribution is -2.60. The third-order valence-corrected chi connectivity index (χ3v) is 10.8. The Morgan fingerprint density at radius 2 is 1.83 bits per heavy atom. The van der Waals surface area contributed by atoms with Gasteiger partial charge >= 0.3 is 5.97 Å². The fraction of sp³-hybridized carbons (Fsp3) is 0.310. The number of thiophene rings is 1. The molecule has 1 saturated carbocycles. The van der Waals surface area contributed by atoms with Gasteiger partial charge in [-0.3, -0.25) is 14.9 Å². The maximum absolute atomic E-state index is 13.9. The zero-order valence-corrected chi connectivity index (χ0v) is 23.8. The highest BCUT2D eigenvalue weighted by molar-refractivity contribution is 7.89. The van der Waals surface area contributed by atoms with Gasteiger partial charge in [0.05, 0.1) is 29.7 Å². The van der Waals surface area contributed by atoms with Gasteiger partial charge in [0.15, 0.2) is 0 Å². The van der Waals surface area contributed by atoms with E-state index in [0.29, 0.717) is 17.1 Å². The number of benzene rings is 1. The third kappa shape index (κ3) is 5.30. The van der Waals surface area contributed by atoms with Crippen molar-refractivity contribution in [3.8, 4) is 21.8 Å². The fourth-order valence-electron chi connectivity index (χ4n) is 5.84. The number of sulfonamides is 1. The van der Waals surface area contributed by atoms with Crippen molar-refractivity contribution in [2.75, 3.05) is 18.0 Å². The first kappa shape index (κ1) is 27.3. The minimum absolute atomic E-state index is 0.00229. The lowest BCUT2D eigenvalue weighted by molar-refractivity contribution is -0.121. The number of hydrogen-bond acceptors (Lipinski definition) is 7. The Hall–Kier alpha value is -3.87. The molecule has 4 heterocycles. The maximum Gasteiger partial charge on any atom is 0.348 e. The summed E-state index contributed by atoms with van der Waals surface area (Å²) < 4.78 is 28.8. The smallest absolute Gasteiger partial charge is 0.348 e. The molecule has 1 amide bonds. The van der Waals surface area contributed by atoms with Crippen LogP contribution in [0.4, 0.5) is 5.69 Å². The highest BCUT2D eigenvalue weighted by Gasteiger charge is 2.44. The van der Waals surface area contributed by atoms with Gasteiger partial charge in [-0.05, 0) is 48.6 Å². The van der Waals surface area contributed by atoms with Crippen molar-refractivity contribution in [2.45, 2.75) is 43.0 Å². The van der Waals surface area contributed by atoms with Gasteiger partial charge in [0.1, 0.15) is 9.77 Å². The minimum atomic E-state index is -4.04. The summed E-state index contributed by atoms with van der Waals surface area (Å²) in [4.78, 5) is 32.9. The first-order chi connectivity index (χ1) is 19.8. The Balaban J connectivity index is 1.36. The first-order valence-corrected chi connectivity index (χ1v) is 15.8. The highest BCUT2D eigenvalue weighted by Crippen LogP contribution is 2.42. The average molecular weight is 592 g/mol. The van der Waals surface area contributed by atoms with E-state index in [4.69, 9.17) is 0 Å². The van der Waals surface area contributed by atoms with Crippen molar-refractivity contribution >= 4 is 38.9 Å².